The van der Waals surface area contributed by atoms with Crippen molar-refractivity contribution in [1.29, 1.82) is 0 Å². The number of likely N-dealkylation sites (tertiary alicyclic amines) is 1. The Bertz CT molecular complexity index is 1650. The second-order valence-electron chi connectivity index (χ2n) is 10.6. The van der Waals surface area contributed by atoms with Crippen LogP contribution in [0.3, 0.4) is 0 Å². The van der Waals surface area contributed by atoms with Crippen LogP contribution in [0, 0.1) is 5.92 Å². The van der Waals surface area contributed by atoms with Crippen LogP contribution in [0.25, 0.3) is 22.0 Å². The van der Waals surface area contributed by atoms with E-state index in [1.54, 1.807) is 41.7 Å². The number of hydrogen-bond acceptors (Lipinski definition) is 7. The maximum atomic E-state index is 13.7. The van der Waals surface area contributed by atoms with E-state index in [1.165, 1.54) is 6.92 Å². The van der Waals surface area contributed by atoms with E-state index in [1.807, 2.05) is 22.8 Å². The van der Waals surface area contributed by atoms with Gasteiger partial charge in [0.25, 0.3) is 0 Å². The molecule has 1 saturated heterocycles. The first-order valence-corrected chi connectivity index (χ1v) is 14.6. The van der Waals surface area contributed by atoms with E-state index in [2.05, 4.69) is 48.4 Å². The number of benzene rings is 1. The molecule has 1 aliphatic carbocycles. The number of aromatic nitrogens is 4. The Labute approximate surface area is 245 Å². The van der Waals surface area contributed by atoms with Crippen LogP contribution in [0.2, 0.25) is 0 Å². The fourth-order valence-electron chi connectivity index (χ4n) is 5.66. The highest BCUT2D eigenvalue weighted by atomic mass is 79.9. The number of ketones is 1. The van der Waals surface area contributed by atoms with Crippen LogP contribution in [-0.4, -0.2) is 60.6 Å². The third-order valence-corrected chi connectivity index (χ3v) is 8.19. The van der Waals surface area contributed by atoms with Gasteiger partial charge in [0.1, 0.15) is 23.0 Å². The van der Waals surface area contributed by atoms with Crippen LogP contribution in [0.15, 0.2) is 59.6 Å². The summed E-state index contributed by atoms with van der Waals surface area (Å²) in [6, 6.07) is 10.6. The lowest BCUT2D eigenvalue weighted by atomic mass is 10.0. The monoisotopic (exact) mass is 615 g/mol. The van der Waals surface area contributed by atoms with Crippen molar-refractivity contribution >= 4 is 56.2 Å². The fraction of sp³-hybridized carbons (Fsp3) is 0.333. The van der Waals surface area contributed by atoms with Gasteiger partial charge in [0.05, 0.1) is 0 Å². The Kier molecular flexibility index (Phi) is 7.29. The Morgan fingerprint density at radius 3 is 2.61 bits per heavy atom. The standard InChI is InChI=1S/C30H30BrN7O3/c1-3-9-32-30-33-13-20(14-34-30)18-7-8-23-21(10-18)22(17(2)39)15-37(23)16-28(40)38-24-11-19(24)12-25(38)29(41)36-27-6-4-5-26(31)35-27/h4-8,10,13-15,19,24-25H,3,9,11-12,16H2,1-2H3,(H,32,33,34)(H,35,36,41)/t19-,24-,25+/m1/s1. The number of Topliss-reactive ketones (excluding diaryl/α,β-unsaturated/α-hetero) is 1. The summed E-state index contributed by atoms with van der Waals surface area (Å²) in [6.45, 7) is 4.43. The number of halogens is 1. The molecule has 3 aromatic heterocycles. The number of fused-ring (bicyclic) bond motifs is 2. The number of nitrogens with zero attached hydrogens (tertiary/aromatic N) is 5. The SMILES string of the molecule is CCCNc1ncc(-c2ccc3c(c2)c(C(C)=O)cn3CC(=O)N2[C@@H]3C[C@@H]3C[C@H]2C(=O)Nc2cccc(Br)n2)cn1. The van der Waals surface area contributed by atoms with Crippen LogP contribution in [0.1, 0.15) is 43.5 Å². The Morgan fingerprint density at radius 2 is 1.88 bits per heavy atom. The van der Waals surface area contributed by atoms with Crippen molar-refractivity contribution in [1.82, 2.24) is 24.4 Å². The molecule has 0 radical (unpaired) electrons. The highest BCUT2D eigenvalue weighted by Gasteiger charge is 2.56. The van der Waals surface area contributed by atoms with Crippen LogP contribution in [0.4, 0.5) is 11.8 Å². The lowest BCUT2D eigenvalue weighted by Crippen LogP contribution is -2.46. The van der Waals surface area contributed by atoms with Gasteiger partial charge in [-0.25, -0.2) is 15.0 Å². The van der Waals surface area contributed by atoms with E-state index < -0.39 is 6.04 Å². The van der Waals surface area contributed by atoms with Gasteiger partial charge in [-0.3, -0.25) is 14.4 Å². The summed E-state index contributed by atoms with van der Waals surface area (Å²) in [5.41, 5.74) is 3.03. The molecule has 2 N–H and O–H groups in total. The molecule has 11 heteroatoms. The lowest BCUT2D eigenvalue weighted by molar-refractivity contribution is -0.138. The Balaban J connectivity index is 1.24. The van der Waals surface area contributed by atoms with Crippen molar-refractivity contribution in [3.8, 4) is 11.1 Å². The summed E-state index contributed by atoms with van der Waals surface area (Å²) in [4.78, 5) is 54.3. The summed E-state index contributed by atoms with van der Waals surface area (Å²) in [5.74, 6) is 0.889. The number of hydrogen-bond donors (Lipinski definition) is 2. The second kappa shape index (κ2) is 11.0. The van der Waals surface area contributed by atoms with Crippen molar-refractivity contribution in [2.75, 3.05) is 17.2 Å². The van der Waals surface area contributed by atoms with Gasteiger partial charge >= 0.3 is 0 Å². The first kappa shape index (κ1) is 27.1. The largest absolute Gasteiger partial charge is 0.354 e. The molecule has 6 rings (SSSR count). The van der Waals surface area contributed by atoms with E-state index in [-0.39, 0.29) is 30.2 Å². The molecule has 1 aromatic carbocycles. The highest BCUT2D eigenvalue weighted by molar-refractivity contribution is 9.10. The molecular formula is C30H30BrN7O3. The lowest BCUT2D eigenvalue weighted by Gasteiger charge is -2.27. The smallest absolute Gasteiger partial charge is 0.248 e. The Morgan fingerprint density at radius 1 is 1.07 bits per heavy atom. The Hall–Kier alpha value is -4.12. The van der Waals surface area contributed by atoms with Gasteiger partial charge in [-0.15, -0.1) is 0 Å². The quantitative estimate of drug-likeness (QED) is 0.203. The van der Waals surface area contributed by atoms with Gasteiger partial charge in [-0.1, -0.05) is 19.1 Å². The average Bonchev–Trinajstić information content (AvgIpc) is 3.47. The maximum absolute atomic E-state index is 13.7. The number of amides is 2. The number of nitrogens with one attached hydrogen (secondary N) is 2. The zero-order valence-electron chi connectivity index (χ0n) is 22.8. The maximum Gasteiger partial charge on any atom is 0.248 e. The fourth-order valence-corrected chi connectivity index (χ4v) is 6.00. The van der Waals surface area contributed by atoms with Crippen LogP contribution in [0.5, 0.6) is 0 Å². The minimum absolute atomic E-state index is 0.0339. The number of carbonyl (C=O) groups is 3. The molecule has 4 heterocycles. The van der Waals surface area contributed by atoms with Gasteiger partial charge in [0.15, 0.2) is 5.78 Å². The molecule has 2 amide bonds. The van der Waals surface area contributed by atoms with Crippen LogP contribution < -0.4 is 10.6 Å². The molecule has 41 heavy (non-hydrogen) atoms. The molecule has 10 nitrogen and oxygen atoms in total. The number of piperidine rings is 1. The molecule has 4 aromatic rings. The summed E-state index contributed by atoms with van der Waals surface area (Å²) in [5, 5.41) is 6.78. The molecule has 210 valence electrons. The normalized spacial score (nSPS) is 19.2. The zero-order valence-corrected chi connectivity index (χ0v) is 24.4. The average molecular weight is 617 g/mol. The van der Waals surface area contributed by atoms with E-state index in [0.717, 1.165) is 41.4 Å². The summed E-state index contributed by atoms with van der Waals surface area (Å²) >= 11 is 3.32. The first-order valence-electron chi connectivity index (χ1n) is 13.8. The zero-order chi connectivity index (χ0) is 28.7. The third-order valence-electron chi connectivity index (χ3n) is 7.75. The van der Waals surface area contributed by atoms with Crippen molar-refractivity contribution in [2.24, 2.45) is 5.92 Å². The predicted octanol–water partition coefficient (Wildman–Crippen LogP) is 4.91. The van der Waals surface area contributed by atoms with Crippen molar-refractivity contribution < 1.29 is 14.4 Å². The molecule has 0 unspecified atom stereocenters. The predicted molar refractivity (Wildman–Crippen MR) is 159 cm³/mol. The van der Waals surface area contributed by atoms with Gasteiger partial charge in [0.2, 0.25) is 17.8 Å². The van der Waals surface area contributed by atoms with Crippen molar-refractivity contribution in [3.05, 3.63) is 65.2 Å². The minimum Gasteiger partial charge on any atom is -0.354 e. The van der Waals surface area contributed by atoms with Gasteiger partial charge in [-0.05, 0) is 77.9 Å². The number of carbonyl (C=O) groups excluding carboxylic acids is 3. The summed E-state index contributed by atoms with van der Waals surface area (Å²) < 4.78 is 2.43. The topological polar surface area (TPSA) is 122 Å². The number of rotatable bonds is 9. The second-order valence-corrected chi connectivity index (χ2v) is 11.4. The van der Waals surface area contributed by atoms with Gasteiger partial charge in [-0.2, -0.15) is 0 Å². The van der Waals surface area contributed by atoms with Gasteiger partial charge in [0, 0.05) is 53.2 Å². The van der Waals surface area contributed by atoms with Crippen molar-refractivity contribution in [2.45, 2.75) is 51.7 Å². The minimum atomic E-state index is -0.553. The molecule has 2 fully saturated rings. The molecule has 0 spiro atoms. The summed E-state index contributed by atoms with van der Waals surface area (Å²) in [7, 11) is 0. The molecule has 3 atom stereocenters. The van der Waals surface area contributed by atoms with Crippen LogP contribution >= 0.6 is 15.9 Å². The first-order chi connectivity index (χ1) is 19.8. The van der Waals surface area contributed by atoms with E-state index in [9.17, 15) is 14.4 Å². The van der Waals surface area contributed by atoms with Crippen LogP contribution in [-0.2, 0) is 16.1 Å². The number of anilines is 2. The van der Waals surface area contributed by atoms with E-state index >= 15 is 0 Å². The van der Waals surface area contributed by atoms with E-state index in [4.69, 9.17) is 0 Å². The molecule has 1 aliphatic heterocycles. The highest BCUT2D eigenvalue weighted by Crippen LogP contribution is 2.48. The molecule has 2 aliphatic rings. The van der Waals surface area contributed by atoms with Crippen molar-refractivity contribution in [3.63, 3.8) is 0 Å². The van der Waals surface area contributed by atoms with Gasteiger partial charge < -0.3 is 20.1 Å². The third kappa shape index (κ3) is 5.46. The molecular weight excluding hydrogens is 586 g/mol. The van der Waals surface area contributed by atoms with E-state index in [0.29, 0.717) is 34.3 Å². The molecule has 1 saturated carbocycles. The summed E-state index contributed by atoms with van der Waals surface area (Å²) in [6.07, 6.45) is 7.78. The molecule has 0 bridgehead atoms. The number of pyridine rings is 1.